The van der Waals surface area contributed by atoms with E-state index in [4.69, 9.17) is 27.2 Å². The molecular weight excluding hydrogens is 400 g/mol. The Labute approximate surface area is 170 Å². The molecule has 1 aromatic heterocycles. The van der Waals surface area contributed by atoms with E-state index < -0.39 is 5.97 Å². The maximum Gasteiger partial charge on any atom is 0.307 e. The predicted molar refractivity (Wildman–Crippen MR) is 111 cm³/mol. The number of thiophene rings is 1. The normalized spacial score (nSPS) is 10.5. The molecule has 0 radical (unpaired) electrons. The van der Waals surface area contributed by atoms with Gasteiger partial charge in [-0.1, -0.05) is 29.8 Å². The third kappa shape index (κ3) is 4.44. The molecule has 6 nitrogen and oxygen atoms in total. The van der Waals surface area contributed by atoms with Crippen molar-refractivity contribution in [1.29, 1.82) is 0 Å². The van der Waals surface area contributed by atoms with Gasteiger partial charge < -0.3 is 20.9 Å². The number of anilines is 2. The van der Waals surface area contributed by atoms with Gasteiger partial charge >= 0.3 is 5.97 Å². The van der Waals surface area contributed by atoms with Gasteiger partial charge in [0.05, 0.1) is 19.2 Å². The molecule has 0 saturated carbocycles. The number of benzene rings is 2. The SMILES string of the molecule is COc1cc(NC(=O)c2sc(-c3ccc(Cl)cc3)cc2N)ccc1CC(=O)O. The summed E-state index contributed by atoms with van der Waals surface area (Å²) in [5.41, 5.74) is 8.33. The number of ether oxygens (including phenoxy) is 1. The fraction of sp³-hybridized carbons (Fsp3) is 0.100. The molecule has 144 valence electrons. The number of nitrogen functional groups attached to an aromatic ring is 1. The molecule has 28 heavy (non-hydrogen) atoms. The van der Waals surface area contributed by atoms with Crippen LogP contribution in [0.25, 0.3) is 10.4 Å². The van der Waals surface area contributed by atoms with Gasteiger partial charge in [0.15, 0.2) is 0 Å². The number of methoxy groups -OCH3 is 1. The summed E-state index contributed by atoms with van der Waals surface area (Å²) >= 11 is 7.19. The zero-order chi connectivity index (χ0) is 20.3. The molecule has 4 N–H and O–H groups in total. The number of hydrogen-bond donors (Lipinski definition) is 3. The molecular formula is C20H17ClN2O4S. The molecule has 3 rings (SSSR count). The van der Waals surface area contributed by atoms with Crippen LogP contribution in [0.15, 0.2) is 48.5 Å². The van der Waals surface area contributed by atoms with Crippen molar-refractivity contribution in [3.05, 3.63) is 64.0 Å². The van der Waals surface area contributed by atoms with Gasteiger partial charge in [-0.3, -0.25) is 9.59 Å². The van der Waals surface area contributed by atoms with Crippen molar-refractivity contribution in [2.24, 2.45) is 0 Å². The van der Waals surface area contributed by atoms with Gasteiger partial charge in [-0.2, -0.15) is 0 Å². The molecule has 1 amide bonds. The second kappa shape index (κ2) is 8.33. The van der Waals surface area contributed by atoms with Crippen molar-refractivity contribution in [1.82, 2.24) is 0 Å². The topological polar surface area (TPSA) is 102 Å². The Kier molecular flexibility index (Phi) is 5.87. The van der Waals surface area contributed by atoms with Crippen LogP contribution >= 0.6 is 22.9 Å². The number of amides is 1. The lowest BCUT2D eigenvalue weighted by Gasteiger charge is -2.10. The minimum absolute atomic E-state index is 0.167. The van der Waals surface area contributed by atoms with Crippen molar-refractivity contribution in [3.63, 3.8) is 0 Å². The molecule has 3 aromatic rings. The van der Waals surface area contributed by atoms with E-state index >= 15 is 0 Å². The first-order valence-electron chi connectivity index (χ1n) is 8.22. The van der Waals surface area contributed by atoms with Crippen LogP contribution in [0, 0.1) is 0 Å². The number of carbonyl (C=O) groups excluding carboxylic acids is 1. The average molecular weight is 417 g/mol. The second-order valence-electron chi connectivity index (χ2n) is 5.95. The second-order valence-corrected chi connectivity index (χ2v) is 7.44. The lowest BCUT2D eigenvalue weighted by atomic mass is 10.1. The van der Waals surface area contributed by atoms with Gasteiger partial charge in [0.2, 0.25) is 0 Å². The van der Waals surface area contributed by atoms with Crippen LogP contribution in [-0.4, -0.2) is 24.1 Å². The van der Waals surface area contributed by atoms with Gasteiger partial charge in [-0.15, -0.1) is 11.3 Å². The van der Waals surface area contributed by atoms with Gasteiger partial charge in [0, 0.05) is 27.2 Å². The van der Waals surface area contributed by atoms with Gasteiger partial charge in [-0.25, -0.2) is 0 Å². The zero-order valence-corrected chi connectivity index (χ0v) is 16.4. The Hall–Kier alpha value is -3.03. The lowest BCUT2D eigenvalue weighted by molar-refractivity contribution is -0.136. The Balaban J connectivity index is 1.81. The van der Waals surface area contributed by atoms with E-state index in [1.807, 2.05) is 12.1 Å². The van der Waals surface area contributed by atoms with Gasteiger partial charge in [0.1, 0.15) is 10.6 Å². The average Bonchev–Trinajstić information content (AvgIpc) is 3.05. The Morgan fingerprint density at radius 3 is 2.54 bits per heavy atom. The highest BCUT2D eigenvalue weighted by Crippen LogP contribution is 2.34. The minimum atomic E-state index is -0.962. The van der Waals surface area contributed by atoms with E-state index in [9.17, 15) is 9.59 Å². The summed E-state index contributed by atoms with van der Waals surface area (Å²) in [6.45, 7) is 0. The van der Waals surface area contributed by atoms with E-state index in [1.165, 1.54) is 18.4 Å². The summed E-state index contributed by atoms with van der Waals surface area (Å²) in [5.74, 6) is -0.923. The van der Waals surface area contributed by atoms with Crippen molar-refractivity contribution < 1.29 is 19.4 Å². The summed E-state index contributed by atoms with van der Waals surface area (Å²) in [6, 6.07) is 13.8. The number of carboxylic acid groups (broad SMARTS) is 1. The van der Waals surface area contributed by atoms with Crippen LogP contribution < -0.4 is 15.8 Å². The summed E-state index contributed by atoms with van der Waals surface area (Å²) in [6.07, 6.45) is -0.167. The van der Waals surface area contributed by atoms with E-state index in [2.05, 4.69) is 5.32 Å². The van der Waals surface area contributed by atoms with Crippen LogP contribution in [0.5, 0.6) is 5.75 Å². The van der Waals surface area contributed by atoms with Gasteiger partial charge in [-0.05, 0) is 29.8 Å². The molecule has 2 aromatic carbocycles. The molecule has 0 fully saturated rings. The number of halogens is 1. The minimum Gasteiger partial charge on any atom is -0.496 e. The highest BCUT2D eigenvalue weighted by Gasteiger charge is 2.17. The number of hydrogen-bond acceptors (Lipinski definition) is 5. The molecule has 0 unspecified atom stereocenters. The summed E-state index contributed by atoms with van der Waals surface area (Å²) in [4.78, 5) is 24.8. The van der Waals surface area contributed by atoms with Crippen LogP contribution in [0.4, 0.5) is 11.4 Å². The standard InChI is InChI=1S/C20H17ClN2O4S/c1-27-16-9-14(7-4-12(16)8-18(24)25)23-20(26)19-15(22)10-17(28-19)11-2-5-13(21)6-3-11/h2-7,9-10H,8,22H2,1H3,(H,23,26)(H,24,25). The monoisotopic (exact) mass is 416 g/mol. The molecule has 1 heterocycles. The van der Waals surface area contributed by atoms with Crippen molar-refractivity contribution in [3.8, 4) is 16.2 Å². The fourth-order valence-corrected chi connectivity index (χ4v) is 3.76. The highest BCUT2D eigenvalue weighted by molar-refractivity contribution is 7.18. The van der Waals surface area contributed by atoms with Crippen LogP contribution in [-0.2, 0) is 11.2 Å². The maximum atomic E-state index is 12.7. The molecule has 0 atom stereocenters. The molecule has 0 aliphatic carbocycles. The summed E-state index contributed by atoms with van der Waals surface area (Å²) < 4.78 is 5.22. The quantitative estimate of drug-likeness (QED) is 0.547. The Morgan fingerprint density at radius 1 is 1.18 bits per heavy atom. The molecule has 0 spiro atoms. The largest absolute Gasteiger partial charge is 0.496 e. The first kappa shape index (κ1) is 19.7. The third-order valence-electron chi connectivity index (χ3n) is 3.98. The smallest absolute Gasteiger partial charge is 0.307 e. The molecule has 0 aliphatic rings. The number of rotatable bonds is 6. The Bertz CT molecular complexity index is 1030. The lowest BCUT2D eigenvalue weighted by Crippen LogP contribution is -2.12. The van der Waals surface area contributed by atoms with E-state index in [1.54, 1.807) is 36.4 Å². The van der Waals surface area contributed by atoms with E-state index in [0.717, 1.165) is 10.4 Å². The summed E-state index contributed by atoms with van der Waals surface area (Å²) in [7, 11) is 1.45. The zero-order valence-electron chi connectivity index (χ0n) is 14.9. The number of aliphatic carboxylic acids is 1. The first-order valence-corrected chi connectivity index (χ1v) is 9.42. The number of nitrogens with one attached hydrogen (secondary N) is 1. The predicted octanol–water partition coefficient (Wildman–Crippen LogP) is 4.54. The van der Waals surface area contributed by atoms with Crippen LogP contribution in [0.2, 0.25) is 5.02 Å². The highest BCUT2D eigenvalue weighted by atomic mass is 35.5. The Morgan fingerprint density at radius 2 is 1.89 bits per heavy atom. The van der Waals surface area contributed by atoms with Crippen molar-refractivity contribution in [2.45, 2.75) is 6.42 Å². The van der Waals surface area contributed by atoms with Crippen LogP contribution in [0.1, 0.15) is 15.2 Å². The molecule has 0 bridgehead atoms. The maximum absolute atomic E-state index is 12.7. The number of carboxylic acids is 1. The van der Waals surface area contributed by atoms with E-state index in [-0.39, 0.29) is 12.3 Å². The fourth-order valence-electron chi connectivity index (χ4n) is 2.66. The molecule has 8 heteroatoms. The number of carbonyl (C=O) groups is 2. The van der Waals surface area contributed by atoms with Crippen molar-refractivity contribution >= 4 is 46.2 Å². The third-order valence-corrected chi connectivity index (χ3v) is 5.43. The molecule has 0 saturated heterocycles. The summed E-state index contributed by atoms with van der Waals surface area (Å²) in [5, 5.41) is 12.3. The molecule has 0 aliphatic heterocycles. The van der Waals surface area contributed by atoms with E-state index in [0.29, 0.717) is 32.6 Å². The van der Waals surface area contributed by atoms with Gasteiger partial charge in [0.25, 0.3) is 5.91 Å². The first-order chi connectivity index (χ1) is 13.4. The van der Waals surface area contributed by atoms with Crippen LogP contribution in [0.3, 0.4) is 0 Å². The number of nitrogens with two attached hydrogens (primary N) is 1. The van der Waals surface area contributed by atoms with Crippen molar-refractivity contribution in [2.75, 3.05) is 18.2 Å².